The van der Waals surface area contributed by atoms with Gasteiger partial charge in [0, 0.05) is 31.0 Å². The maximum absolute atomic E-state index is 8.84. The highest BCUT2D eigenvalue weighted by Gasteiger charge is 2.30. The summed E-state index contributed by atoms with van der Waals surface area (Å²) in [6.07, 6.45) is 3.89. The Morgan fingerprint density at radius 1 is 1.12 bits per heavy atom. The van der Waals surface area contributed by atoms with E-state index < -0.39 is 0 Å². The maximum atomic E-state index is 8.84. The second-order valence-corrected chi connectivity index (χ2v) is 5.93. The van der Waals surface area contributed by atoms with E-state index in [1.54, 1.807) is 12.1 Å². The lowest BCUT2D eigenvalue weighted by atomic mass is 10.2. The first-order chi connectivity index (χ1) is 11.8. The predicted molar refractivity (Wildman–Crippen MR) is 93.8 cm³/mol. The molecule has 0 bridgehead atoms. The Kier molecular flexibility index (Phi) is 7.96. The number of unbranched alkanes of at least 4 members (excludes halogenated alkanes) is 2. The lowest BCUT2D eigenvalue weighted by molar-refractivity contribution is -0.182. The molecule has 0 saturated carbocycles. The van der Waals surface area contributed by atoms with Gasteiger partial charge in [0.15, 0.2) is 17.5 Å². The first-order valence-electron chi connectivity index (χ1n) is 8.85. The van der Waals surface area contributed by atoms with Gasteiger partial charge in [-0.25, -0.2) is 0 Å². The highest BCUT2D eigenvalue weighted by Crippen LogP contribution is 2.25. The number of hydrogen-bond donors (Lipinski definition) is 0. The van der Waals surface area contributed by atoms with Gasteiger partial charge in [0.25, 0.3) is 0 Å². The third kappa shape index (κ3) is 5.45. The van der Waals surface area contributed by atoms with Crippen LogP contribution in [0.5, 0.6) is 0 Å². The number of hydrogen-bond acceptors (Lipinski definition) is 5. The Hall–Kier alpha value is -1.68. The number of benzene rings is 1. The third-order valence-corrected chi connectivity index (χ3v) is 4.02. The lowest BCUT2D eigenvalue weighted by Crippen LogP contribution is -2.52. The summed E-state index contributed by atoms with van der Waals surface area (Å²) in [7, 11) is 0. The molecule has 0 radical (unpaired) electrons. The molecule has 0 N–H and O–H groups in total. The Morgan fingerprint density at radius 2 is 1.79 bits per heavy atom. The van der Waals surface area contributed by atoms with Crippen molar-refractivity contribution in [3.05, 3.63) is 29.2 Å². The van der Waals surface area contributed by atoms with Crippen LogP contribution in [0.15, 0.2) is 24.3 Å². The van der Waals surface area contributed by atoms with Gasteiger partial charge in [-0.2, -0.15) is 0 Å². The summed E-state index contributed by atoms with van der Waals surface area (Å²) >= 11 is 0. The third-order valence-electron chi connectivity index (χ3n) is 4.02. The van der Waals surface area contributed by atoms with E-state index in [0.717, 1.165) is 31.4 Å². The molecule has 6 heteroatoms. The van der Waals surface area contributed by atoms with Gasteiger partial charge in [-0.1, -0.05) is 26.7 Å². The van der Waals surface area contributed by atoms with Gasteiger partial charge < -0.3 is 19.1 Å². The maximum Gasteiger partial charge on any atom is 0.385 e. The van der Waals surface area contributed by atoms with Gasteiger partial charge in [-0.15, -0.1) is 0 Å². The number of ether oxygens (including phenoxy) is 3. The molecule has 1 saturated heterocycles. The Bertz CT molecular complexity index is 515. The van der Waals surface area contributed by atoms with Crippen LogP contribution in [-0.4, -0.2) is 38.9 Å². The number of nitrogens with zero attached hydrogens (tertiary/aromatic N) is 3. The molecule has 132 valence electrons. The van der Waals surface area contributed by atoms with Gasteiger partial charge in [0.2, 0.25) is 5.39 Å². The van der Waals surface area contributed by atoms with Crippen LogP contribution in [0.2, 0.25) is 0 Å². The first kappa shape index (κ1) is 18.7. The zero-order chi connectivity index (χ0) is 17.2. The number of diazo groups is 1. The molecule has 6 nitrogen and oxygen atoms in total. The summed E-state index contributed by atoms with van der Waals surface area (Å²) in [6, 6.07) is 7.42. The summed E-state index contributed by atoms with van der Waals surface area (Å²) in [5.41, 5.74) is 1.54. The highest BCUT2D eigenvalue weighted by atomic mass is 16.7. The molecule has 0 aliphatic carbocycles. The van der Waals surface area contributed by atoms with Gasteiger partial charge >= 0.3 is 5.69 Å². The topological polar surface area (TPSA) is 59.1 Å². The van der Waals surface area contributed by atoms with E-state index in [0.29, 0.717) is 32.1 Å². The summed E-state index contributed by atoms with van der Waals surface area (Å²) < 4.78 is 17.6. The molecule has 0 amide bonds. The van der Waals surface area contributed by atoms with Crippen molar-refractivity contribution < 1.29 is 14.2 Å². The quantitative estimate of drug-likeness (QED) is 0.498. The molecular weight excluding hydrogens is 306 g/mol. The second-order valence-electron chi connectivity index (χ2n) is 5.93. The monoisotopic (exact) mass is 334 g/mol. The normalized spacial score (nSPS) is 20.8. The van der Waals surface area contributed by atoms with E-state index in [2.05, 4.69) is 23.7 Å². The largest absolute Gasteiger partial charge is 0.385 e. The Labute approximate surface area is 144 Å². The number of rotatable bonds is 9. The molecule has 1 aromatic carbocycles. The van der Waals surface area contributed by atoms with Crippen molar-refractivity contribution in [3.8, 4) is 0 Å². The minimum Gasteiger partial charge on any atom is -0.356 e. The van der Waals surface area contributed by atoms with Crippen LogP contribution in [0.4, 0.5) is 11.4 Å². The average molecular weight is 334 g/mol. The zero-order valence-corrected chi connectivity index (χ0v) is 14.7. The van der Waals surface area contributed by atoms with Crippen LogP contribution in [0, 0.1) is 5.39 Å². The van der Waals surface area contributed by atoms with Crippen LogP contribution >= 0.6 is 0 Å². The number of anilines is 1. The standard InChI is InChI=1S/C18H28N3O3/c1-3-5-11-22-17-14-24-18(23-12-6-4-2)13-21(17)16-9-7-15(20-19)8-10-16/h7-10,17-18H,3-6,11-14H2,1-2H3/q+1. The van der Waals surface area contributed by atoms with Crippen LogP contribution in [-0.2, 0) is 14.2 Å². The van der Waals surface area contributed by atoms with E-state index in [1.165, 1.54) is 0 Å². The molecule has 1 fully saturated rings. The van der Waals surface area contributed by atoms with Crippen LogP contribution in [0.3, 0.4) is 0 Å². The Morgan fingerprint density at radius 3 is 2.42 bits per heavy atom. The molecule has 1 aromatic rings. The van der Waals surface area contributed by atoms with E-state index in [1.807, 2.05) is 12.1 Å². The lowest BCUT2D eigenvalue weighted by Gasteiger charge is -2.40. The van der Waals surface area contributed by atoms with Crippen molar-refractivity contribution in [1.29, 1.82) is 5.39 Å². The average Bonchev–Trinajstić information content (AvgIpc) is 2.63. The van der Waals surface area contributed by atoms with Crippen LogP contribution in [0.25, 0.3) is 4.98 Å². The smallest absolute Gasteiger partial charge is 0.356 e. The van der Waals surface area contributed by atoms with Crippen LogP contribution in [0.1, 0.15) is 39.5 Å². The SMILES string of the molecule is CCCCOC1CN(c2ccc([N+]#N)cc2)C(OCCCC)CO1. The van der Waals surface area contributed by atoms with Crippen molar-refractivity contribution in [3.63, 3.8) is 0 Å². The summed E-state index contributed by atoms with van der Waals surface area (Å²) in [5.74, 6) is 0. The molecule has 2 rings (SSSR count). The molecular formula is C18H28N3O3+. The molecule has 0 spiro atoms. The van der Waals surface area contributed by atoms with E-state index >= 15 is 0 Å². The molecule has 2 unspecified atom stereocenters. The summed E-state index contributed by atoms with van der Waals surface area (Å²) in [6.45, 7) is 6.81. The van der Waals surface area contributed by atoms with Gasteiger partial charge in [-0.05, 0) is 25.0 Å². The predicted octanol–water partition coefficient (Wildman–Crippen LogP) is 4.29. The molecule has 2 atom stereocenters. The zero-order valence-electron chi connectivity index (χ0n) is 14.7. The van der Waals surface area contributed by atoms with E-state index in [9.17, 15) is 0 Å². The van der Waals surface area contributed by atoms with Gasteiger partial charge in [-0.3, -0.25) is 0 Å². The van der Waals surface area contributed by atoms with Crippen molar-refractivity contribution in [2.45, 2.75) is 52.0 Å². The van der Waals surface area contributed by atoms with Crippen molar-refractivity contribution >= 4 is 11.4 Å². The van der Waals surface area contributed by atoms with Crippen molar-refractivity contribution in [2.24, 2.45) is 0 Å². The second kappa shape index (κ2) is 10.2. The summed E-state index contributed by atoms with van der Waals surface area (Å²) in [4.78, 5) is 5.37. The van der Waals surface area contributed by atoms with Crippen LogP contribution < -0.4 is 4.90 Å². The molecule has 1 aliphatic rings. The van der Waals surface area contributed by atoms with E-state index in [4.69, 9.17) is 19.6 Å². The Balaban J connectivity index is 2.03. The molecule has 24 heavy (non-hydrogen) atoms. The number of morpholine rings is 1. The fourth-order valence-electron chi connectivity index (χ4n) is 2.55. The molecule has 1 aliphatic heterocycles. The summed E-state index contributed by atoms with van der Waals surface area (Å²) in [5, 5.41) is 8.84. The molecule has 0 aromatic heterocycles. The minimum absolute atomic E-state index is 0.125. The van der Waals surface area contributed by atoms with E-state index in [-0.39, 0.29) is 12.5 Å². The fraction of sp³-hybridized carbons (Fsp3) is 0.667. The minimum atomic E-state index is -0.246. The first-order valence-corrected chi connectivity index (χ1v) is 8.85. The fourth-order valence-corrected chi connectivity index (χ4v) is 2.55. The highest BCUT2D eigenvalue weighted by molar-refractivity contribution is 5.55. The van der Waals surface area contributed by atoms with Crippen molar-refractivity contribution in [1.82, 2.24) is 0 Å². The van der Waals surface area contributed by atoms with Crippen molar-refractivity contribution in [2.75, 3.05) is 31.3 Å². The van der Waals surface area contributed by atoms with Gasteiger partial charge in [0.05, 0.1) is 13.2 Å². The van der Waals surface area contributed by atoms with Gasteiger partial charge in [0.1, 0.15) is 0 Å². The molecule has 1 heterocycles.